The first-order chi connectivity index (χ1) is 31.8. The van der Waals surface area contributed by atoms with Crippen molar-refractivity contribution in [2.24, 2.45) is 10.8 Å². The first-order valence-electron chi connectivity index (χ1n) is 22.6. The van der Waals surface area contributed by atoms with Gasteiger partial charge in [0.05, 0.1) is 31.6 Å². The zero-order valence-electron chi connectivity index (χ0n) is 39.8. The normalized spacial score (nSPS) is 16.3. The highest BCUT2D eigenvalue weighted by Gasteiger charge is 2.45. The van der Waals surface area contributed by atoms with Gasteiger partial charge in [0.2, 0.25) is 11.8 Å². The van der Waals surface area contributed by atoms with E-state index in [-0.39, 0.29) is 31.9 Å². The lowest BCUT2D eigenvalue weighted by molar-refractivity contribution is -0.133. The molecule has 3 aromatic carbocycles. The summed E-state index contributed by atoms with van der Waals surface area (Å²) in [6.07, 6.45) is 0.443. The van der Waals surface area contributed by atoms with Crippen LogP contribution in [-0.2, 0) is 52.1 Å². The number of phosphoric acid groups is 1. The van der Waals surface area contributed by atoms with Gasteiger partial charge in [0, 0.05) is 37.4 Å². The highest BCUT2D eigenvalue weighted by atomic mass is 31.2. The number of phosphoric ester groups is 1. The number of amides is 5. The lowest BCUT2D eigenvalue weighted by Crippen LogP contribution is -2.59. The van der Waals surface area contributed by atoms with E-state index in [1.165, 1.54) is 7.11 Å². The van der Waals surface area contributed by atoms with Crippen LogP contribution in [0.3, 0.4) is 0 Å². The van der Waals surface area contributed by atoms with Crippen molar-refractivity contribution in [2.75, 3.05) is 33.6 Å². The number of hydrogen-bond acceptors (Lipinski definition) is 10. The Labute approximate surface area is 394 Å². The number of pyridine rings is 1. The summed E-state index contributed by atoms with van der Waals surface area (Å²) in [4.78, 5) is 74.3. The van der Waals surface area contributed by atoms with E-state index >= 15 is 4.79 Å². The molecule has 4 N–H and O–H groups in total. The number of rotatable bonds is 22. The number of nitrogens with one attached hydrogen (secondary N) is 3. The first-order valence-corrected chi connectivity index (χ1v) is 24.1. The molecular weight excluding hydrogens is 876 g/mol. The maximum absolute atomic E-state index is 15.0. The zero-order chi connectivity index (χ0) is 48.8. The Bertz CT molecular complexity index is 2260. The monoisotopic (exact) mass is 942 g/mol. The maximum Gasteiger partial charge on any atom is 0.474 e. The van der Waals surface area contributed by atoms with Crippen molar-refractivity contribution < 1.29 is 47.2 Å². The molecule has 1 fully saturated rings. The van der Waals surface area contributed by atoms with Crippen LogP contribution in [0.15, 0.2) is 109 Å². The van der Waals surface area contributed by atoms with Gasteiger partial charge >= 0.3 is 19.9 Å². The number of carbonyl (C=O) groups excluding carboxylic acids is 4. The maximum atomic E-state index is 15.0. The number of urea groups is 1. The van der Waals surface area contributed by atoms with Crippen LogP contribution in [0.4, 0.5) is 9.59 Å². The minimum atomic E-state index is -4.54. The van der Waals surface area contributed by atoms with Gasteiger partial charge in [0.25, 0.3) is 0 Å². The van der Waals surface area contributed by atoms with Crippen LogP contribution < -0.4 is 16.0 Å². The van der Waals surface area contributed by atoms with Crippen LogP contribution >= 0.6 is 7.82 Å². The number of benzene rings is 3. The number of carbonyl (C=O) groups is 4. The fourth-order valence-corrected chi connectivity index (χ4v) is 8.77. The average Bonchev–Trinajstić information content (AvgIpc) is 3.62. The first kappa shape index (κ1) is 52.3. The van der Waals surface area contributed by atoms with E-state index < -0.39 is 73.6 Å². The fourth-order valence-electron chi connectivity index (χ4n) is 8.17. The van der Waals surface area contributed by atoms with Crippen molar-refractivity contribution in [3.8, 4) is 11.3 Å². The quantitative estimate of drug-likeness (QED) is 0.0449. The van der Waals surface area contributed by atoms with Crippen LogP contribution in [0.2, 0.25) is 0 Å². The smallest absolute Gasteiger partial charge is 0.453 e. The van der Waals surface area contributed by atoms with Crippen molar-refractivity contribution in [3.05, 3.63) is 126 Å². The Hall–Kier alpha value is -5.64. The summed E-state index contributed by atoms with van der Waals surface area (Å²) in [5.74, 6) is -0.927. The largest absolute Gasteiger partial charge is 0.474 e. The van der Waals surface area contributed by atoms with E-state index in [4.69, 9.17) is 18.5 Å². The Morgan fingerprint density at radius 3 is 1.97 bits per heavy atom. The molecule has 16 nitrogen and oxygen atoms in total. The second-order valence-electron chi connectivity index (χ2n) is 18.8. The Balaban J connectivity index is 1.54. The molecule has 5 rings (SSSR count). The van der Waals surface area contributed by atoms with Crippen LogP contribution in [-0.4, -0.2) is 107 Å². The minimum Gasteiger partial charge on any atom is -0.453 e. The van der Waals surface area contributed by atoms with Gasteiger partial charge in [-0.15, -0.1) is 0 Å². The Morgan fingerprint density at radius 1 is 0.761 bits per heavy atom. The molecule has 362 valence electrons. The number of aromatic nitrogens is 1. The lowest BCUT2D eigenvalue weighted by atomic mass is 9.84. The van der Waals surface area contributed by atoms with Gasteiger partial charge in [-0.05, 0) is 65.8 Å². The highest BCUT2D eigenvalue weighted by molar-refractivity contribution is 7.47. The van der Waals surface area contributed by atoms with Gasteiger partial charge in [-0.25, -0.2) is 14.2 Å². The van der Waals surface area contributed by atoms with Crippen molar-refractivity contribution in [1.82, 2.24) is 30.7 Å². The van der Waals surface area contributed by atoms with Gasteiger partial charge in [0.15, 0.2) is 6.79 Å². The molecule has 1 aliphatic rings. The molecule has 6 atom stereocenters. The molecule has 5 amide bonds. The van der Waals surface area contributed by atoms with Crippen LogP contribution in [0.5, 0.6) is 0 Å². The van der Waals surface area contributed by atoms with E-state index in [1.807, 2.05) is 145 Å². The predicted octanol–water partition coefficient (Wildman–Crippen LogP) is 7.51. The van der Waals surface area contributed by atoms with Gasteiger partial charge in [-0.2, -0.15) is 0 Å². The molecule has 4 aromatic rings. The third-order valence-corrected chi connectivity index (χ3v) is 12.4. The van der Waals surface area contributed by atoms with Crippen LogP contribution in [0, 0.1) is 10.8 Å². The molecule has 0 saturated carbocycles. The fraction of sp³-hybridized carbons (Fsp3) is 0.460. The van der Waals surface area contributed by atoms with E-state index in [1.54, 1.807) is 22.9 Å². The third kappa shape index (κ3) is 15.7. The second kappa shape index (κ2) is 23.9. The van der Waals surface area contributed by atoms with Crippen molar-refractivity contribution in [3.63, 3.8) is 0 Å². The van der Waals surface area contributed by atoms with E-state index in [9.17, 15) is 23.8 Å². The number of nitrogens with zero attached hydrogens (tertiary/aromatic N) is 3. The van der Waals surface area contributed by atoms with E-state index in [0.717, 1.165) is 27.9 Å². The number of alkyl carbamates (subject to hydrolysis) is 1. The summed E-state index contributed by atoms with van der Waals surface area (Å²) in [5, 5.41) is 9.08. The van der Waals surface area contributed by atoms with Gasteiger partial charge in [0.1, 0.15) is 12.1 Å². The number of ether oxygens (including phenoxy) is 2. The van der Waals surface area contributed by atoms with E-state index in [0.29, 0.717) is 19.6 Å². The minimum absolute atomic E-state index is 0.0298. The molecule has 0 spiro atoms. The molecule has 67 heavy (non-hydrogen) atoms. The van der Waals surface area contributed by atoms with Crippen LogP contribution in [0.1, 0.15) is 71.6 Å². The summed E-state index contributed by atoms with van der Waals surface area (Å²) >= 11 is 0. The molecule has 1 aromatic heterocycles. The van der Waals surface area contributed by atoms with Gasteiger partial charge in [-0.1, -0.05) is 133 Å². The molecule has 0 bridgehead atoms. The van der Waals surface area contributed by atoms with E-state index in [2.05, 4.69) is 20.9 Å². The highest BCUT2D eigenvalue weighted by Crippen LogP contribution is 2.43. The molecule has 1 unspecified atom stereocenters. The molecule has 1 aliphatic heterocycles. The Morgan fingerprint density at radius 2 is 1.39 bits per heavy atom. The summed E-state index contributed by atoms with van der Waals surface area (Å²) in [6, 6.07) is 28.7. The van der Waals surface area contributed by atoms with Crippen LogP contribution in [0.25, 0.3) is 11.3 Å². The second-order valence-corrected chi connectivity index (χ2v) is 20.2. The van der Waals surface area contributed by atoms with Crippen molar-refractivity contribution >= 4 is 31.8 Å². The number of methoxy groups -OCH3 is 1. The summed E-state index contributed by atoms with van der Waals surface area (Å²) in [6.45, 7) is 13.0. The van der Waals surface area contributed by atoms with Crippen molar-refractivity contribution in [2.45, 2.75) is 105 Å². The third-order valence-electron chi connectivity index (χ3n) is 11.4. The molecule has 17 heteroatoms. The molecular formula is C50H67N6O10P. The molecule has 1 saturated heterocycles. The van der Waals surface area contributed by atoms with Gasteiger partial charge in [-0.3, -0.25) is 23.6 Å². The van der Waals surface area contributed by atoms with Crippen molar-refractivity contribution in [1.29, 1.82) is 0 Å². The Kier molecular flexibility index (Phi) is 18.7. The standard InChI is InChI=1S/C50H67N6O10P/c1-9-65-67(61,62)66-34-64-42(32-39(52-45(57)43(49(2,3)4)54-47(59)63-8)30-36-23-25-38(26-24-36)40-22-16-17-27-51-40)41(31-35-18-12-10-13-19-35)53-46(58)44(50(5,6)7)56-29-28-55(48(56)60)33-37-20-14-11-15-21-37/h10-27,39,41-44H,9,28-34H2,1-8H3,(H,52,57)(H,53,58)(H,54,59)(H,61,62)/t39-,41-,42-,43+,44+/m0/s1. The SMILES string of the molecule is CCOP(=O)(O)OCO[C@@H](C[C@H](Cc1ccc(-c2ccccn2)cc1)NC(=O)[C@@H](NC(=O)OC)C(C)(C)C)[C@H](Cc1ccccc1)NC(=O)[C@@H](N1CCN(Cc2ccccc2)C1=O)C(C)(C)C. The van der Waals surface area contributed by atoms with Gasteiger partial charge < -0.3 is 40.1 Å². The molecule has 0 aliphatic carbocycles. The summed E-state index contributed by atoms with van der Waals surface area (Å²) in [7, 11) is -3.32. The summed E-state index contributed by atoms with van der Waals surface area (Å²) in [5.41, 5.74) is 2.84. The topological polar surface area (TPSA) is 198 Å². The molecule has 2 heterocycles. The predicted molar refractivity (Wildman–Crippen MR) is 255 cm³/mol. The average molecular weight is 943 g/mol. The zero-order valence-corrected chi connectivity index (χ0v) is 40.7. The lowest BCUT2D eigenvalue weighted by Gasteiger charge is -2.39. The summed E-state index contributed by atoms with van der Waals surface area (Å²) < 4.78 is 34.3. The number of hydrogen-bond donors (Lipinski definition) is 4. The molecule has 0 radical (unpaired) electrons.